The number of allylic oxidation sites excluding steroid dienone is 6. The minimum absolute atomic E-state index is 0.0161. The molecular formula is C28H33N2+. The molecule has 2 aliphatic heterocycles. The van der Waals surface area contributed by atoms with Gasteiger partial charge in [0.15, 0.2) is 5.71 Å². The summed E-state index contributed by atoms with van der Waals surface area (Å²) in [5.74, 6) is 0. The van der Waals surface area contributed by atoms with Crippen LogP contribution in [-0.4, -0.2) is 23.9 Å². The number of hydrogen-bond donors (Lipinski definition) is 0. The van der Waals surface area contributed by atoms with Crippen molar-refractivity contribution in [1.82, 2.24) is 0 Å². The first-order valence-corrected chi connectivity index (χ1v) is 10.9. The Kier molecular flexibility index (Phi) is 5.05. The van der Waals surface area contributed by atoms with Crippen molar-refractivity contribution >= 4 is 17.1 Å². The van der Waals surface area contributed by atoms with E-state index in [2.05, 4.69) is 130 Å². The van der Waals surface area contributed by atoms with Crippen molar-refractivity contribution in [2.24, 2.45) is 0 Å². The number of likely N-dealkylation sites (N-methyl/N-ethyl adjacent to an activating group) is 1. The molecule has 2 heterocycles. The van der Waals surface area contributed by atoms with Crippen LogP contribution in [0.15, 0.2) is 84.6 Å². The Morgan fingerprint density at radius 3 is 2.20 bits per heavy atom. The molecule has 0 spiro atoms. The lowest BCUT2D eigenvalue weighted by molar-refractivity contribution is -0.401. The van der Waals surface area contributed by atoms with E-state index in [1.54, 1.807) is 0 Å². The van der Waals surface area contributed by atoms with E-state index in [9.17, 15) is 0 Å². The third kappa shape index (κ3) is 3.06. The number of anilines is 1. The summed E-state index contributed by atoms with van der Waals surface area (Å²) in [7, 11) is 2.16. The molecule has 0 unspecified atom stereocenters. The van der Waals surface area contributed by atoms with Gasteiger partial charge in [0, 0.05) is 41.1 Å². The average Bonchev–Trinajstić information content (AvgIpc) is 3.07. The van der Waals surface area contributed by atoms with Crippen LogP contribution in [0.1, 0.15) is 45.7 Å². The van der Waals surface area contributed by atoms with Gasteiger partial charge in [0.25, 0.3) is 0 Å². The number of hydrogen-bond acceptors (Lipinski definition) is 1. The lowest BCUT2D eigenvalue weighted by Crippen LogP contribution is -2.26. The first-order chi connectivity index (χ1) is 14.3. The van der Waals surface area contributed by atoms with Gasteiger partial charge in [-0.15, -0.1) is 0 Å². The molecule has 0 amide bonds. The highest BCUT2D eigenvalue weighted by atomic mass is 15.2. The maximum atomic E-state index is 2.43. The molecule has 2 nitrogen and oxygen atoms in total. The maximum absolute atomic E-state index is 2.43. The molecule has 2 aliphatic rings. The normalized spacial score (nSPS) is 20.6. The van der Waals surface area contributed by atoms with Crippen molar-refractivity contribution in [3.8, 4) is 0 Å². The Balaban J connectivity index is 1.58. The zero-order chi connectivity index (χ0) is 21.5. The number of nitrogens with zero attached hydrogens (tertiary/aromatic N) is 2. The van der Waals surface area contributed by atoms with Gasteiger partial charge in [-0.3, -0.25) is 0 Å². The molecule has 0 fully saturated rings. The van der Waals surface area contributed by atoms with Gasteiger partial charge in [0.05, 0.1) is 5.41 Å². The lowest BCUT2D eigenvalue weighted by atomic mass is 9.81. The molecule has 0 radical (unpaired) electrons. The fourth-order valence-electron chi connectivity index (χ4n) is 5.14. The van der Waals surface area contributed by atoms with E-state index in [0.717, 1.165) is 6.54 Å². The van der Waals surface area contributed by atoms with Crippen LogP contribution in [0.25, 0.3) is 0 Å². The lowest BCUT2D eigenvalue weighted by Gasteiger charge is -2.25. The quantitative estimate of drug-likeness (QED) is 0.421. The van der Waals surface area contributed by atoms with Crippen LogP contribution in [0.4, 0.5) is 11.4 Å². The maximum Gasteiger partial charge on any atom is 0.209 e. The monoisotopic (exact) mass is 397 g/mol. The summed E-state index contributed by atoms with van der Waals surface area (Å²) < 4.78 is 2.31. The van der Waals surface area contributed by atoms with Crippen LogP contribution in [0.2, 0.25) is 0 Å². The number of rotatable bonds is 4. The zero-order valence-corrected chi connectivity index (χ0v) is 19.1. The molecule has 0 bridgehead atoms. The van der Waals surface area contributed by atoms with Crippen LogP contribution < -0.4 is 4.90 Å². The SMILES string of the molecule is CCN1/C(=C/C=C/C=C/C2=[N+](C)c3ccccc3C2(C)C)C(C)(C)c2ccccc21. The molecule has 0 saturated carbocycles. The summed E-state index contributed by atoms with van der Waals surface area (Å²) in [6.07, 6.45) is 11.0. The standard InChI is InChI=1S/C28H33N2/c1-7-30-24-18-14-12-16-22(24)28(4,5)26(30)20-10-8-9-19-25-27(2,3)21-15-11-13-17-23(21)29(25)6/h8-20H,7H2,1-6H3/q+1. The van der Waals surface area contributed by atoms with Crippen LogP contribution in [0, 0.1) is 0 Å². The van der Waals surface area contributed by atoms with Gasteiger partial charge >= 0.3 is 0 Å². The van der Waals surface area contributed by atoms with Gasteiger partial charge in [0.2, 0.25) is 5.69 Å². The molecule has 0 aliphatic carbocycles. The molecule has 2 aromatic carbocycles. The second kappa shape index (κ2) is 7.43. The van der Waals surface area contributed by atoms with E-state index in [0.29, 0.717) is 0 Å². The largest absolute Gasteiger partial charge is 0.344 e. The van der Waals surface area contributed by atoms with Crippen LogP contribution in [0.5, 0.6) is 0 Å². The topological polar surface area (TPSA) is 6.25 Å². The van der Waals surface area contributed by atoms with E-state index >= 15 is 0 Å². The van der Waals surface area contributed by atoms with Gasteiger partial charge in [-0.1, -0.05) is 68.5 Å². The number of fused-ring (bicyclic) bond motifs is 2. The van der Waals surface area contributed by atoms with Crippen LogP contribution in [0.3, 0.4) is 0 Å². The van der Waals surface area contributed by atoms with Crippen molar-refractivity contribution in [1.29, 1.82) is 0 Å². The van der Waals surface area contributed by atoms with Gasteiger partial charge < -0.3 is 4.90 Å². The van der Waals surface area contributed by atoms with Gasteiger partial charge in [-0.2, -0.15) is 4.58 Å². The predicted octanol–water partition coefficient (Wildman–Crippen LogP) is 6.51. The highest BCUT2D eigenvalue weighted by molar-refractivity contribution is 6.03. The Morgan fingerprint density at radius 2 is 1.50 bits per heavy atom. The Morgan fingerprint density at radius 1 is 0.833 bits per heavy atom. The van der Waals surface area contributed by atoms with Crippen LogP contribution >= 0.6 is 0 Å². The fourth-order valence-corrected chi connectivity index (χ4v) is 5.14. The molecule has 4 rings (SSSR count). The molecule has 2 aromatic rings. The second-order valence-electron chi connectivity index (χ2n) is 9.27. The number of para-hydroxylation sites is 2. The Bertz CT molecular complexity index is 1090. The molecular weight excluding hydrogens is 364 g/mol. The summed E-state index contributed by atoms with van der Waals surface area (Å²) >= 11 is 0. The smallest absolute Gasteiger partial charge is 0.209 e. The molecule has 2 heteroatoms. The zero-order valence-electron chi connectivity index (χ0n) is 19.1. The van der Waals surface area contributed by atoms with Gasteiger partial charge in [-0.25, -0.2) is 0 Å². The molecule has 0 aromatic heterocycles. The third-order valence-electron chi connectivity index (χ3n) is 6.79. The predicted molar refractivity (Wildman–Crippen MR) is 129 cm³/mol. The van der Waals surface area contributed by atoms with Crippen LogP contribution in [-0.2, 0) is 10.8 Å². The minimum atomic E-state index is 0.0161. The Labute approximate surface area is 181 Å². The van der Waals surface area contributed by atoms with E-state index in [1.807, 2.05) is 0 Å². The summed E-state index contributed by atoms with van der Waals surface area (Å²) in [5, 5.41) is 0. The first kappa shape index (κ1) is 20.4. The first-order valence-electron chi connectivity index (χ1n) is 10.9. The van der Waals surface area contributed by atoms with E-state index < -0.39 is 0 Å². The minimum Gasteiger partial charge on any atom is -0.344 e. The molecule has 0 atom stereocenters. The summed E-state index contributed by atoms with van der Waals surface area (Å²) in [6.45, 7) is 12.4. The summed E-state index contributed by atoms with van der Waals surface area (Å²) in [6, 6.07) is 17.5. The van der Waals surface area contributed by atoms with Crippen molar-refractivity contribution in [3.63, 3.8) is 0 Å². The second-order valence-corrected chi connectivity index (χ2v) is 9.27. The highest BCUT2D eigenvalue weighted by Gasteiger charge is 2.42. The molecule has 0 saturated heterocycles. The van der Waals surface area contributed by atoms with Gasteiger partial charge in [-0.05, 0) is 38.5 Å². The average molecular weight is 398 g/mol. The highest BCUT2D eigenvalue weighted by Crippen LogP contribution is 2.47. The Hall–Kier alpha value is -2.87. The molecule has 154 valence electrons. The molecule has 0 N–H and O–H groups in total. The van der Waals surface area contributed by atoms with E-state index in [1.165, 1.54) is 33.9 Å². The van der Waals surface area contributed by atoms with Crippen molar-refractivity contribution < 1.29 is 4.58 Å². The molecule has 30 heavy (non-hydrogen) atoms. The van der Waals surface area contributed by atoms with Crippen molar-refractivity contribution in [3.05, 3.63) is 95.7 Å². The van der Waals surface area contributed by atoms with E-state index in [-0.39, 0.29) is 10.8 Å². The van der Waals surface area contributed by atoms with E-state index in [4.69, 9.17) is 0 Å². The number of benzene rings is 2. The third-order valence-corrected chi connectivity index (χ3v) is 6.79. The fraction of sp³-hybridized carbons (Fsp3) is 0.321. The van der Waals surface area contributed by atoms with Crippen molar-refractivity contribution in [2.45, 2.75) is 45.4 Å². The summed E-state index contributed by atoms with van der Waals surface area (Å²) in [5.41, 5.74) is 8.15. The summed E-state index contributed by atoms with van der Waals surface area (Å²) in [4.78, 5) is 2.43. The van der Waals surface area contributed by atoms with Gasteiger partial charge in [0.1, 0.15) is 7.05 Å². The van der Waals surface area contributed by atoms with Crippen molar-refractivity contribution in [2.75, 3.05) is 18.5 Å².